The third-order valence-electron chi connectivity index (χ3n) is 6.63. The van der Waals surface area contributed by atoms with Crippen molar-refractivity contribution in [3.63, 3.8) is 0 Å². The lowest BCUT2D eigenvalue weighted by Gasteiger charge is -2.39. The SMILES string of the molecule is C[C@H](CC(=O)N1[C@H]2CC[C@H]1CC(c1ccc(F)cc1)C2)n1nnc2ccccc21. The van der Waals surface area contributed by atoms with Crippen LogP contribution in [0, 0.1) is 5.82 Å². The Morgan fingerprint density at radius 3 is 2.52 bits per heavy atom. The van der Waals surface area contributed by atoms with Crippen LogP contribution < -0.4 is 0 Å². The number of piperidine rings is 1. The van der Waals surface area contributed by atoms with Gasteiger partial charge < -0.3 is 4.90 Å². The van der Waals surface area contributed by atoms with E-state index in [0.717, 1.165) is 36.7 Å². The van der Waals surface area contributed by atoms with Gasteiger partial charge in [-0.2, -0.15) is 0 Å². The van der Waals surface area contributed by atoms with Crippen LogP contribution >= 0.6 is 0 Å². The van der Waals surface area contributed by atoms with E-state index in [1.165, 1.54) is 5.56 Å². The van der Waals surface area contributed by atoms with Gasteiger partial charge in [-0.1, -0.05) is 29.5 Å². The minimum Gasteiger partial charge on any atom is -0.337 e. The summed E-state index contributed by atoms with van der Waals surface area (Å²) < 4.78 is 15.1. The average molecular weight is 392 g/mol. The largest absolute Gasteiger partial charge is 0.337 e. The van der Waals surface area contributed by atoms with Crippen LogP contribution in [0.1, 0.15) is 56.6 Å². The molecular weight excluding hydrogens is 367 g/mol. The summed E-state index contributed by atoms with van der Waals surface area (Å²) in [7, 11) is 0. The highest BCUT2D eigenvalue weighted by molar-refractivity contribution is 5.79. The van der Waals surface area contributed by atoms with Crippen LogP contribution in [0.3, 0.4) is 0 Å². The summed E-state index contributed by atoms with van der Waals surface area (Å²) in [6.07, 6.45) is 4.49. The van der Waals surface area contributed by atoms with Crippen molar-refractivity contribution in [3.05, 3.63) is 59.9 Å². The summed E-state index contributed by atoms with van der Waals surface area (Å²) in [5.41, 5.74) is 3.01. The standard InChI is InChI=1S/C23H25FN4O/c1-15(28-22-5-3-2-4-21(22)25-26-28)12-23(29)27-19-10-11-20(27)14-17(13-19)16-6-8-18(24)9-7-16/h2-9,15,17,19-20H,10-14H2,1H3/t15-,19+,20+/m1/s1. The minimum absolute atomic E-state index is 0.0378. The molecule has 29 heavy (non-hydrogen) atoms. The summed E-state index contributed by atoms with van der Waals surface area (Å²) >= 11 is 0. The van der Waals surface area contributed by atoms with Crippen LogP contribution in [-0.4, -0.2) is 37.9 Å². The molecule has 3 aromatic rings. The molecule has 5 rings (SSSR count). The maximum Gasteiger partial charge on any atom is 0.225 e. The van der Waals surface area contributed by atoms with E-state index in [1.807, 2.05) is 48.0 Å². The van der Waals surface area contributed by atoms with Crippen molar-refractivity contribution >= 4 is 16.9 Å². The zero-order chi connectivity index (χ0) is 20.0. The van der Waals surface area contributed by atoms with Gasteiger partial charge in [-0.05, 0) is 68.4 Å². The second-order valence-electron chi connectivity index (χ2n) is 8.48. The lowest BCUT2D eigenvalue weighted by Crippen LogP contribution is -2.46. The fourth-order valence-corrected chi connectivity index (χ4v) is 5.25. The molecule has 2 saturated heterocycles. The number of carbonyl (C=O) groups excluding carboxylic acids is 1. The Morgan fingerprint density at radius 1 is 1.10 bits per heavy atom. The van der Waals surface area contributed by atoms with Gasteiger partial charge in [-0.15, -0.1) is 5.10 Å². The Labute approximate surface area is 169 Å². The van der Waals surface area contributed by atoms with Crippen LogP contribution in [0.25, 0.3) is 11.0 Å². The molecule has 6 heteroatoms. The van der Waals surface area contributed by atoms with Crippen molar-refractivity contribution in [2.45, 2.75) is 63.1 Å². The number of para-hydroxylation sites is 1. The van der Waals surface area contributed by atoms with Gasteiger partial charge in [0.25, 0.3) is 0 Å². The number of fused-ring (bicyclic) bond motifs is 3. The molecule has 2 aliphatic rings. The highest BCUT2D eigenvalue weighted by Crippen LogP contribution is 2.43. The Morgan fingerprint density at radius 2 is 1.79 bits per heavy atom. The van der Waals surface area contributed by atoms with E-state index in [4.69, 9.17) is 0 Å². The lowest BCUT2D eigenvalue weighted by atomic mass is 9.85. The number of halogens is 1. The molecule has 0 unspecified atom stereocenters. The smallest absolute Gasteiger partial charge is 0.225 e. The molecule has 1 aromatic heterocycles. The van der Waals surface area contributed by atoms with Crippen molar-refractivity contribution in [3.8, 4) is 0 Å². The highest BCUT2D eigenvalue weighted by Gasteiger charge is 2.43. The second-order valence-corrected chi connectivity index (χ2v) is 8.48. The Kier molecular flexibility index (Phi) is 4.57. The fraction of sp³-hybridized carbons (Fsp3) is 0.435. The molecule has 2 aliphatic heterocycles. The van der Waals surface area contributed by atoms with Gasteiger partial charge in [-0.25, -0.2) is 9.07 Å². The number of hydrogen-bond donors (Lipinski definition) is 0. The van der Waals surface area contributed by atoms with Crippen LogP contribution in [0.2, 0.25) is 0 Å². The summed E-state index contributed by atoms with van der Waals surface area (Å²) in [6, 6.07) is 15.3. The molecule has 0 saturated carbocycles. The van der Waals surface area contributed by atoms with Gasteiger partial charge in [0.05, 0.1) is 11.6 Å². The van der Waals surface area contributed by atoms with Gasteiger partial charge in [0.2, 0.25) is 5.91 Å². The molecule has 0 radical (unpaired) electrons. The van der Waals surface area contributed by atoms with Crippen molar-refractivity contribution in [1.29, 1.82) is 0 Å². The summed E-state index contributed by atoms with van der Waals surface area (Å²) in [4.78, 5) is 15.3. The lowest BCUT2D eigenvalue weighted by molar-refractivity contribution is -0.136. The summed E-state index contributed by atoms with van der Waals surface area (Å²) in [5.74, 6) is 0.426. The minimum atomic E-state index is -0.195. The van der Waals surface area contributed by atoms with E-state index < -0.39 is 0 Å². The molecule has 2 bridgehead atoms. The van der Waals surface area contributed by atoms with Crippen molar-refractivity contribution < 1.29 is 9.18 Å². The first-order valence-electron chi connectivity index (χ1n) is 10.5. The van der Waals surface area contributed by atoms with Gasteiger partial charge in [0, 0.05) is 18.5 Å². The fourth-order valence-electron chi connectivity index (χ4n) is 5.25. The monoisotopic (exact) mass is 392 g/mol. The normalized spacial score (nSPS) is 24.8. The third-order valence-corrected chi connectivity index (χ3v) is 6.63. The van der Waals surface area contributed by atoms with Gasteiger partial charge in [0.1, 0.15) is 11.3 Å². The van der Waals surface area contributed by atoms with Crippen LogP contribution in [0.5, 0.6) is 0 Å². The van der Waals surface area contributed by atoms with E-state index in [1.54, 1.807) is 12.1 Å². The Hall–Kier alpha value is -2.76. The summed E-state index contributed by atoms with van der Waals surface area (Å²) in [5, 5.41) is 8.48. The van der Waals surface area contributed by atoms with E-state index in [0.29, 0.717) is 12.3 Å². The molecule has 3 atom stereocenters. The molecule has 2 aromatic carbocycles. The molecular formula is C23H25FN4O. The third kappa shape index (κ3) is 3.30. The van der Waals surface area contributed by atoms with E-state index in [-0.39, 0.29) is 29.8 Å². The molecule has 3 heterocycles. The van der Waals surface area contributed by atoms with Gasteiger partial charge in [-0.3, -0.25) is 4.79 Å². The molecule has 5 nitrogen and oxygen atoms in total. The predicted octanol–water partition coefficient (Wildman–Crippen LogP) is 4.46. The predicted molar refractivity (Wildman–Crippen MR) is 109 cm³/mol. The Bertz CT molecular complexity index is 1020. The molecule has 150 valence electrons. The molecule has 1 amide bonds. The highest BCUT2D eigenvalue weighted by atomic mass is 19.1. The molecule has 0 aliphatic carbocycles. The number of aromatic nitrogens is 3. The number of nitrogens with zero attached hydrogens (tertiary/aromatic N) is 4. The maximum atomic E-state index is 13.3. The molecule has 2 fully saturated rings. The quantitative estimate of drug-likeness (QED) is 0.659. The average Bonchev–Trinajstić information content (AvgIpc) is 3.27. The first-order valence-corrected chi connectivity index (χ1v) is 10.5. The number of rotatable bonds is 4. The Balaban J connectivity index is 1.29. The second kappa shape index (κ2) is 7.25. The van der Waals surface area contributed by atoms with E-state index in [9.17, 15) is 9.18 Å². The molecule has 0 N–H and O–H groups in total. The van der Waals surface area contributed by atoms with E-state index in [2.05, 4.69) is 15.2 Å². The van der Waals surface area contributed by atoms with Crippen molar-refractivity contribution in [2.24, 2.45) is 0 Å². The van der Waals surface area contributed by atoms with Gasteiger partial charge in [0.15, 0.2) is 0 Å². The van der Waals surface area contributed by atoms with Crippen LogP contribution in [0.15, 0.2) is 48.5 Å². The summed E-state index contributed by atoms with van der Waals surface area (Å²) in [6.45, 7) is 2.03. The zero-order valence-electron chi connectivity index (χ0n) is 16.5. The number of hydrogen-bond acceptors (Lipinski definition) is 3. The number of carbonyl (C=O) groups is 1. The van der Waals surface area contributed by atoms with E-state index >= 15 is 0 Å². The first kappa shape index (κ1) is 18.3. The maximum absolute atomic E-state index is 13.3. The first-order chi connectivity index (χ1) is 14.1. The van der Waals surface area contributed by atoms with Crippen molar-refractivity contribution in [1.82, 2.24) is 19.9 Å². The molecule has 0 spiro atoms. The van der Waals surface area contributed by atoms with Crippen LogP contribution in [-0.2, 0) is 4.79 Å². The zero-order valence-corrected chi connectivity index (χ0v) is 16.5. The number of amides is 1. The van der Waals surface area contributed by atoms with Crippen LogP contribution in [0.4, 0.5) is 4.39 Å². The number of benzene rings is 2. The van der Waals surface area contributed by atoms with Gasteiger partial charge >= 0.3 is 0 Å². The topological polar surface area (TPSA) is 51.0 Å². The van der Waals surface area contributed by atoms with Crippen molar-refractivity contribution in [2.75, 3.05) is 0 Å².